The standard InChI is InChI=1S/C16H11F2NO5S/c1-24-11-8-7-10(17)14-12(11)13(18)15(16(20)21)19(14)25(22,23)9-5-3-2-4-6-9/h2-8H,1H3,(H,20,21). The summed E-state index contributed by atoms with van der Waals surface area (Å²) in [6.45, 7) is 0. The Kier molecular flexibility index (Phi) is 3.96. The van der Waals surface area contributed by atoms with Gasteiger partial charge in [-0.25, -0.2) is 26.0 Å². The lowest BCUT2D eigenvalue weighted by molar-refractivity contribution is 0.0684. The minimum absolute atomic E-state index is 0.160. The molecular formula is C16H11F2NO5S. The number of aromatic nitrogens is 1. The van der Waals surface area contributed by atoms with Crippen LogP contribution in [0.25, 0.3) is 10.9 Å². The minimum Gasteiger partial charge on any atom is -0.496 e. The number of aromatic carboxylic acids is 1. The molecule has 1 aromatic heterocycles. The Labute approximate surface area is 140 Å². The molecule has 0 aliphatic heterocycles. The number of carboxylic acids is 1. The van der Waals surface area contributed by atoms with Crippen LogP contribution in [0.15, 0.2) is 47.4 Å². The fraction of sp³-hybridized carbons (Fsp3) is 0.0625. The van der Waals surface area contributed by atoms with Crippen molar-refractivity contribution in [3.63, 3.8) is 0 Å². The average Bonchev–Trinajstić information content (AvgIpc) is 2.91. The summed E-state index contributed by atoms with van der Waals surface area (Å²) in [6.07, 6.45) is 0. The van der Waals surface area contributed by atoms with Crippen molar-refractivity contribution >= 4 is 26.9 Å². The van der Waals surface area contributed by atoms with Crippen molar-refractivity contribution in [1.29, 1.82) is 0 Å². The lowest BCUT2D eigenvalue weighted by Gasteiger charge is -2.10. The molecule has 2 aromatic carbocycles. The van der Waals surface area contributed by atoms with Crippen LogP contribution in [0, 0.1) is 11.6 Å². The van der Waals surface area contributed by atoms with Crippen LogP contribution in [0.2, 0.25) is 0 Å². The molecule has 1 heterocycles. The molecule has 0 amide bonds. The zero-order valence-corrected chi connectivity index (χ0v) is 13.5. The first-order valence-corrected chi connectivity index (χ1v) is 8.35. The number of methoxy groups -OCH3 is 1. The Morgan fingerprint density at radius 2 is 1.76 bits per heavy atom. The van der Waals surface area contributed by atoms with Crippen LogP contribution < -0.4 is 4.74 Å². The van der Waals surface area contributed by atoms with Crippen molar-refractivity contribution < 1.29 is 31.8 Å². The number of fused-ring (bicyclic) bond motifs is 1. The second kappa shape index (κ2) is 5.85. The Bertz CT molecular complexity index is 1090. The monoisotopic (exact) mass is 367 g/mol. The van der Waals surface area contributed by atoms with Crippen molar-refractivity contribution in [2.75, 3.05) is 7.11 Å². The molecular weight excluding hydrogens is 356 g/mol. The normalized spacial score (nSPS) is 11.6. The number of carbonyl (C=O) groups is 1. The first-order valence-electron chi connectivity index (χ1n) is 6.91. The Hall–Kier alpha value is -2.94. The van der Waals surface area contributed by atoms with E-state index in [4.69, 9.17) is 4.74 Å². The van der Waals surface area contributed by atoms with Gasteiger partial charge in [0.2, 0.25) is 0 Å². The van der Waals surface area contributed by atoms with Gasteiger partial charge in [0.1, 0.15) is 17.1 Å². The smallest absolute Gasteiger partial charge is 0.356 e. The van der Waals surface area contributed by atoms with E-state index in [1.54, 1.807) is 6.07 Å². The lowest BCUT2D eigenvalue weighted by Crippen LogP contribution is -2.19. The summed E-state index contributed by atoms with van der Waals surface area (Å²) >= 11 is 0. The molecule has 3 rings (SSSR count). The molecule has 9 heteroatoms. The molecule has 0 atom stereocenters. The summed E-state index contributed by atoms with van der Waals surface area (Å²) in [5.74, 6) is -4.52. The third-order valence-corrected chi connectivity index (χ3v) is 5.34. The zero-order chi connectivity index (χ0) is 18.4. The third-order valence-electron chi connectivity index (χ3n) is 3.63. The van der Waals surface area contributed by atoms with E-state index in [1.807, 2.05) is 0 Å². The molecule has 0 fully saturated rings. The van der Waals surface area contributed by atoms with E-state index in [2.05, 4.69) is 0 Å². The van der Waals surface area contributed by atoms with Crippen LogP contribution in [0.3, 0.4) is 0 Å². The number of rotatable bonds is 4. The molecule has 1 N–H and O–H groups in total. The van der Waals surface area contributed by atoms with Gasteiger partial charge >= 0.3 is 5.97 Å². The van der Waals surface area contributed by atoms with Crippen LogP contribution in [0.4, 0.5) is 8.78 Å². The van der Waals surface area contributed by atoms with Gasteiger partial charge in [-0.3, -0.25) is 0 Å². The summed E-state index contributed by atoms with van der Waals surface area (Å²) in [5.41, 5.74) is -1.92. The Morgan fingerprint density at radius 3 is 2.32 bits per heavy atom. The first-order chi connectivity index (χ1) is 11.8. The maximum atomic E-state index is 14.7. The summed E-state index contributed by atoms with van der Waals surface area (Å²) in [6, 6.07) is 8.73. The minimum atomic E-state index is -4.57. The van der Waals surface area contributed by atoms with Gasteiger partial charge in [-0.05, 0) is 24.3 Å². The molecule has 0 spiro atoms. The van der Waals surface area contributed by atoms with E-state index < -0.39 is 44.2 Å². The quantitative estimate of drug-likeness (QED) is 0.766. The number of halogens is 2. The third kappa shape index (κ3) is 2.43. The van der Waals surface area contributed by atoms with Gasteiger partial charge in [0, 0.05) is 0 Å². The maximum Gasteiger partial charge on any atom is 0.356 e. The van der Waals surface area contributed by atoms with Crippen molar-refractivity contribution in [2.24, 2.45) is 0 Å². The zero-order valence-electron chi connectivity index (χ0n) is 12.7. The number of ether oxygens (including phenoxy) is 1. The Balaban J connectivity index is 2.55. The highest BCUT2D eigenvalue weighted by molar-refractivity contribution is 7.90. The molecule has 0 saturated heterocycles. The van der Waals surface area contributed by atoms with Crippen molar-refractivity contribution in [1.82, 2.24) is 3.97 Å². The van der Waals surface area contributed by atoms with Gasteiger partial charge in [0.05, 0.1) is 17.4 Å². The molecule has 25 heavy (non-hydrogen) atoms. The number of hydrogen-bond donors (Lipinski definition) is 1. The van der Waals surface area contributed by atoms with Crippen molar-refractivity contribution in [2.45, 2.75) is 4.90 Å². The molecule has 6 nitrogen and oxygen atoms in total. The van der Waals surface area contributed by atoms with Crippen LogP contribution >= 0.6 is 0 Å². The van der Waals surface area contributed by atoms with Gasteiger partial charge in [0.25, 0.3) is 10.0 Å². The first kappa shape index (κ1) is 16.9. The molecule has 0 aliphatic rings. The second-order valence-corrected chi connectivity index (χ2v) is 6.81. The fourth-order valence-electron chi connectivity index (χ4n) is 2.57. The van der Waals surface area contributed by atoms with Crippen LogP contribution in [-0.2, 0) is 10.0 Å². The molecule has 130 valence electrons. The highest BCUT2D eigenvalue weighted by atomic mass is 32.2. The van der Waals surface area contributed by atoms with Crippen molar-refractivity contribution in [3.05, 3.63) is 59.8 Å². The number of carboxylic acid groups (broad SMARTS) is 1. The average molecular weight is 367 g/mol. The van der Waals surface area contributed by atoms with E-state index in [-0.39, 0.29) is 14.6 Å². The predicted octanol–water partition coefficient (Wildman–Crippen LogP) is 2.86. The van der Waals surface area contributed by atoms with Crippen LogP contribution in [0.1, 0.15) is 10.5 Å². The molecule has 0 bridgehead atoms. The highest BCUT2D eigenvalue weighted by Gasteiger charge is 2.34. The molecule has 0 saturated carbocycles. The van der Waals surface area contributed by atoms with E-state index in [0.29, 0.717) is 0 Å². The van der Waals surface area contributed by atoms with Gasteiger partial charge in [0.15, 0.2) is 11.5 Å². The Morgan fingerprint density at radius 1 is 1.12 bits per heavy atom. The summed E-state index contributed by atoms with van der Waals surface area (Å²) in [4.78, 5) is 11.2. The largest absolute Gasteiger partial charge is 0.496 e. The van der Waals surface area contributed by atoms with Gasteiger partial charge in [-0.2, -0.15) is 0 Å². The van der Waals surface area contributed by atoms with E-state index in [1.165, 1.54) is 31.4 Å². The maximum absolute atomic E-state index is 14.7. The SMILES string of the molecule is COc1ccc(F)c2c1c(F)c(C(=O)O)n2S(=O)(=O)c1ccccc1. The van der Waals surface area contributed by atoms with Gasteiger partial charge < -0.3 is 9.84 Å². The van der Waals surface area contributed by atoms with E-state index >= 15 is 0 Å². The molecule has 0 radical (unpaired) electrons. The molecule has 0 aliphatic carbocycles. The fourth-order valence-corrected chi connectivity index (χ4v) is 4.10. The summed E-state index contributed by atoms with van der Waals surface area (Å²) in [7, 11) is -3.39. The lowest BCUT2D eigenvalue weighted by atomic mass is 10.2. The molecule has 3 aromatic rings. The topological polar surface area (TPSA) is 85.6 Å². The van der Waals surface area contributed by atoms with Crippen molar-refractivity contribution in [3.8, 4) is 5.75 Å². The van der Waals surface area contributed by atoms with Gasteiger partial charge in [-0.15, -0.1) is 0 Å². The van der Waals surface area contributed by atoms with Crippen LogP contribution in [-0.4, -0.2) is 30.6 Å². The molecule has 0 unspecified atom stereocenters. The second-order valence-electron chi connectivity index (χ2n) is 5.02. The predicted molar refractivity (Wildman–Crippen MR) is 84.4 cm³/mol. The summed E-state index contributed by atoms with van der Waals surface area (Å²) < 4.78 is 59.9. The summed E-state index contributed by atoms with van der Waals surface area (Å²) in [5, 5.41) is 8.77. The van der Waals surface area contributed by atoms with Gasteiger partial charge in [-0.1, -0.05) is 18.2 Å². The highest BCUT2D eigenvalue weighted by Crippen LogP contribution is 2.36. The van der Waals surface area contributed by atoms with E-state index in [0.717, 1.165) is 12.1 Å². The van der Waals surface area contributed by atoms with Crippen LogP contribution in [0.5, 0.6) is 5.75 Å². The number of hydrogen-bond acceptors (Lipinski definition) is 4. The van der Waals surface area contributed by atoms with E-state index in [9.17, 15) is 27.1 Å². The number of nitrogens with zero attached hydrogens (tertiary/aromatic N) is 1. The number of benzene rings is 2.